The number of hydrogen-bond donors (Lipinski definition) is 2. The summed E-state index contributed by atoms with van der Waals surface area (Å²) in [4.78, 5) is 9.01. The van der Waals surface area contributed by atoms with Gasteiger partial charge in [-0.2, -0.15) is 4.98 Å². The topological polar surface area (TPSA) is 74.1 Å². The van der Waals surface area contributed by atoms with Gasteiger partial charge >= 0.3 is 0 Å². The van der Waals surface area contributed by atoms with Crippen LogP contribution in [0.3, 0.4) is 0 Å². The minimum Gasteiger partial charge on any atom is -0.368 e. The second-order valence-electron chi connectivity index (χ2n) is 4.98. The highest BCUT2D eigenvalue weighted by atomic mass is 15.4. The molecule has 1 aliphatic heterocycles. The highest BCUT2D eigenvalue weighted by Crippen LogP contribution is 2.24. The molecule has 1 aromatic heterocycles. The van der Waals surface area contributed by atoms with Crippen LogP contribution in [0.4, 0.5) is 11.9 Å². The van der Waals surface area contributed by atoms with Gasteiger partial charge in [0.1, 0.15) is 0 Å². The number of aromatic amines is 1. The molecule has 0 aromatic carbocycles. The summed E-state index contributed by atoms with van der Waals surface area (Å²) in [5.74, 6) is 1.15. The molecule has 2 fully saturated rings. The first-order chi connectivity index (χ1) is 8.33. The molecule has 17 heavy (non-hydrogen) atoms. The maximum absolute atomic E-state index is 5.55. The standard InChI is InChI=1S/C11H20N6/c12-10-13-11(15-14-10)17-7-5-16(6-8-17)9-3-1-2-4-9/h9H,1-8H2,(H3,12,13,14,15). The van der Waals surface area contributed by atoms with Crippen molar-refractivity contribution in [3.8, 4) is 0 Å². The van der Waals surface area contributed by atoms with E-state index >= 15 is 0 Å². The predicted molar refractivity (Wildman–Crippen MR) is 66.8 cm³/mol. The maximum Gasteiger partial charge on any atom is 0.246 e. The molecule has 2 aliphatic rings. The number of aromatic nitrogens is 3. The third-order valence-electron chi connectivity index (χ3n) is 3.93. The van der Waals surface area contributed by atoms with Crippen LogP contribution < -0.4 is 10.6 Å². The van der Waals surface area contributed by atoms with Crippen LogP contribution in [0.5, 0.6) is 0 Å². The van der Waals surface area contributed by atoms with E-state index in [0.717, 1.165) is 38.2 Å². The second kappa shape index (κ2) is 4.52. The maximum atomic E-state index is 5.55. The third-order valence-corrected chi connectivity index (χ3v) is 3.93. The summed E-state index contributed by atoms with van der Waals surface area (Å²) in [7, 11) is 0. The Hall–Kier alpha value is -1.30. The molecular formula is C11H20N6. The lowest BCUT2D eigenvalue weighted by Gasteiger charge is -2.37. The summed E-state index contributed by atoms with van der Waals surface area (Å²) < 4.78 is 0. The number of piperazine rings is 1. The largest absolute Gasteiger partial charge is 0.368 e. The molecule has 3 rings (SSSR count). The summed E-state index contributed by atoms with van der Waals surface area (Å²) in [6.07, 6.45) is 5.58. The normalized spacial score (nSPS) is 23.4. The Labute approximate surface area is 101 Å². The molecule has 3 N–H and O–H groups in total. The van der Waals surface area contributed by atoms with Gasteiger partial charge in [-0.1, -0.05) is 12.8 Å². The van der Waals surface area contributed by atoms with E-state index in [-0.39, 0.29) is 0 Å². The number of H-pyrrole nitrogens is 1. The smallest absolute Gasteiger partial charge is 0.246 e. The van der Waals surface area contributed by atoms with Crippen molar-refractivity contribution in [3.05, 3.63) is 0 Å². The molecule has 0 bridgehead atoms. The monoisotopic (exact) mass is 236 g/mol. The van der Waals surface area contributed by atoms with E-state index in [0.29, 0.717) is 5.95 Å². The number of rotatable bonds is 2. The Bertz CT molecular complexity index is 362. The summed E-state index contributed by atoms with van der Waals surface area (Å²) >= 11 is 0. The van der Waals surface area contributed by atoms with Crippen LogP contribution >= 0.6 is 0 Å². The Morgan fingerprint density at radius 1 is 1.12 bits per heavy atom. The second-order valence-corrected chi connectivity index (χ2v) is 4.98. The van der Waals surface area contributed by atoms with Gasteiger partial charge in [-0.3, -0.25) is 4.90 Å². The van der Waals surface area contributed by atoms with Crippen LogP contribution in [-0.4, -0.2) is 52.3 Å². The molecule has 1 aromatic rings. The van der Waals surface area contributed by atoms with Crippen molar-refractivity contribution in [1.29, 1.82) is 0 Å². The zero-order valence-corrected chi connectivity index (χ0v) is 10.1. The summed E-state index contributed by atoms with van der Waals surface area (Å²) in [6, 6.07) is 0.828. The highest BCUT2D eigenvalue weighted by Gasteiger charge is 2.27. The molecule has 6 heteroatoms. The predicted octanol–water partition coefficient (Wildman–Crippen LogP) is 0.451. The number of hydrogen-bond acceptors (Lipinski definition) is 5. The molecule has 1 saturated heterocycles. The molecule has 0 radical (unpaired) electrons. The fourth-order valence-electron chi connectivity index (χ4n) is 2.96. The van der Waals surface area contributed by atoms with Crippen LogP contribution in [0.25, 0.3) is 0 Å². The lowest BCUT2D eigenvalue weighted by Crippen LogP contribution is -2.50. The van der Waals surface area contributed by atoms with Crippen LogP contribution in [0.15, 0.2) is 0 Å². The van der Waals surface area contributed by atoms with Gasteiger partial charge in [0.2, 0.25) is 11.9 Å². The molecule has 94 valence electrons. The molecule has 0 spiro atoms. The molecule has 1 saturated carbocycles. The van der Waals surface area contributed by atoms with Crippen LogP contribution in [-0.2, 0) is 0 Å². The van der Waals surface area contributed by atoms with Gasteiger partial charge < -0.3 is 10.6 Å². The minimum atomic E-state index is 0.401. The Balaban J connectivity index is 1.56. The lowest BCUT2D eigenvalue weighted by atomic mass is 10.2. The molecule has 1 aliphatic carbocycles. The van der Waals surface area contributed by atoms with Crippen molar-refractivity contribution in [3.63, 3.8) is 0 Å². The van der Waals surface area contributed by atoms with Crippen molar-refractivity contribution in [1.82, 2.24) is 20.1 Å². The van der Waals surface area contributed by atoms with Gasteiger partial charge in [-0.05, 0) is 12.8 Å². The van der Waals surface area contributed by atoms with E-state index in [4.69, 9.17) is 5.73 Å². The van der Waals surface area contributed by atoms with Crippen LogP contribution in [0, 0.1) is 0 Å². The molecular weight excluding hydrogens is 216 g/mol. The fourth-order valence-corrected chi connectivity index (χ4v) is 2.96. The quantitative estimate of drug-likeness (QED) is 0.780. The lowest BCUT2D eigenvalue weighted by molar-refractivity contribution is 0.187. The van der Waals surface area contributed by atoms with Gasteiger partial charge in [0.15, 0.2) is 0 Å². The Kier molecular flexibility index (Phi) is 2.88. The number of anilines is 2. The highest BCUT2D eigenvalue weighted by molar-refractivity contribution is 5.34. The zero-order chi connectivity index (χ0) is 11.7. The first kappa shape index (κ1) is 10.8. The van der Waals surface area contributed by atoms with E-state index in [1.807, 2.05) is 0 Å². The van der Waals surface area contributed by atoms with Gasteiger partial charge in [-0.25, -0.2) is 5.10 Å². The fraction of sp³-hybridized carbons (Fsp3) is 0.818. The number of nitrogens with zero attached hydrogens (tertiary/aromatic N) is 4. The molecule has 6 nitrogen and oxygen atoms in total. The van der Waals surface area contributed by atoms with E-state index < -0.39 is 0 Å². The SMILES string of the molecule is Nc1nc(N2CCN(C3CCCC3)CC2)n[nH]1. The molecule has 0 amide bonds. The number of nitrogen functional groups attached to an aromatic ring is 1. The van der Waals surface area contributed by atoms with Crippen molar-refractivity contribution in [2.45, 2.75) is 31.7 Å². The van der Waals surface area contributed by atoms with Crippen LogP contribution in [0.1, 0.15) is 25.7 Å². The summed E-state index contributed by atoms with van der Waals surface area (Å²) in [5, 5.41) is 6.80. The minimum absolute atomic E-state index is 0.401. The van der Waals surface area contributed by atoms with Gasteiger partial charge in [-0.15, -0.1) is 5.10 Å². The van der Waals surface area contributed by atoms with E-state index in [9.17, 15) is 0 Å². The first-order valence-corrected chi connectivity index (χ1v) is 6.50. The van der Waals surface area contributed by atoms with Gasteiger partial charge in [0.05, 0.1) is 0 Å². The van der Waals surface area contributed by atoms with E-state index in [1.165, 1.54) is 25.7 Å². The third kappa shape index (κ3) is 2.22. The van der Waals surface area contributed by atoms with Crippen molar-refractivity contribution >= 4 is 11.9 Å². The van der Waals surface area contributed by atoms with E-state index in [2.05, 4.69) is 25.0 Å². The summed E-state index contributed by atoms with van der Waals surface area (Å²) in [6.45, 7) is 4.26. The first-order valence-electron chi connectivity index (χ1n) is 6.50. The van der Waals surface area contributed by atoms with Gasteiger partial charge in [0.25, 0.3) is 0 Å². The summed E-state index contributed by atoms with van der Waals surface area (Å²) in [5.41, 5.74) is 5.55. The Morgan fingerprint density at radius 2 is 1.82 bits per heavy atom. The van der Waals surface area contributed by atoms with Crippen LogP contribution in [0.2, 0.25) is 0 Å². The molecule has 2 heterocycles. The molecule has 0 unspecified atom stereocenters. The van der Waals surface area contributed by atoms with Crippen molar-refractivity contribution < 1.29 is 0 Å². The zero-order valence-electron chi connectivity index (χ0n) is 10.1. The van der Waals surface area contributed by atoms with Crippen molar-refractivity contribution in [2.24, 2.45) is 0 Å². The average Bonchev–Trinajstić information content (AvgIpc) is 3.00. The average molecular weight is 236 g/mol. The number of nitrogens with one attached hydrogen (secondary N) is 1. The van der Waals surface area contributed by atoms with Crippen molar-refractivity contribution in [2.75, 3.05) is 36.8 Å². The Morgan fingerprint density at radius 3 is 2.41 bits per heavy atom. The van der Waals surface area contributed by atoms with Gasteiger partial charge in [0, 0.05) is 32.2 Å². The molecule has 0 atom stereocenters. The van der Waals surface area contributed by atoms with E-state index in [1.54, 1.807) is 0 Å². The number of nitrogens with two attached hydrogens (primary N) is 1.